The van der Waals surface area contributed by atoms with Crippen molar-refractivity contribution in [3.63, 3.8) is 0 Å². The molecule has 0 aromatic carbocycles. The van der Waals surface area contributed by atoms with E-state index in [9.17, 15) is 4.79 Å². The summed E-state index contributed by atoms with van der Waals surface area (Å²) in [5.41, 5.74) is 0. The number of rotatable bonds is 2. The van der Waals surface area contributed by atoms with Crippen molar-refractivity contribution < 1.29 is 4.79 Å². The van der Waals surface area contributed by atoms with Crippen LogP contribution in [-0.4, -0.2) is 25.5 Å². The summed E-state index contributed by atoms with van der Waals surface area (Å²) in [6, 6.07) is 0.0688. The SMILES string of the molecule is CNC(=O)C1CC(C2CCC2)CCN1. The van der Waals surface area contributed by atoms with E-state index in [1.54, 1.807) is 7.05 Å². The summed E-state index contributed by atoms with van der Waals surface area (Å²) in [7, 11) is 1.72. The van der Waals surface area contributed by atoms with Crippen LogP contribution < -0.4 is 10.6 Å². The van der Waals surface area contributed by atoms with Crippen molar-refractivity contribution in [3.05, 3.63) is 0 Å². The predicted octanol–water partition coefficient (Wildman–Crippen LogP) is 0.901. The van der Waals surface area contributed by atoms with E-state index >= 15 is 0 Å². The lowest BCUT2D eigenvalue weighted by Crippen LogP contribution is -2.49. The molecule has 0 radical (unpaired) electrons. The van der Waals surface area contributed by atoms with Crippen LogP contribution in [0.3, 0.4) is 0 Å². The Balaban J connectivity index is 1.86. The third kappa shape index (κ3) is 1.92. The molecular weight excluding hydrogens is 176 g/mol. The molecule has 0 spiro atoms. The lowest BCUT2D eigenvalue weighted by molar-refractivity contribution is -0.123. The molecule has 3 heteroatoms. The van der Waals surface area contributed by atoms with Gasteiger partial charge in [-0.3, -0.25) is 4.79 Å². The Labute approximate surface area is 85.6 Å². The van der Waals surface area contributed by atoms with Crippen molar-refractivity contribution >= 4 is 5.91 Å². The molecular formula is C11H20N2O. The van der Waals surface area contributed by atoms with Gasteiger partial charge in [0.15, 0.2) is 0 Å². The smallest absolute Gasteiger partial charge is 0.236 e. The van der Waals surface area contributed by atoms with Crippen molar-refractivity contribution in [2.75, 3.05) is 13.6 Å². The molecule has 2 unspecified atom stereocenters. The van der Waals surface area contributed by atoms with Gasteiger partial charge >= 0.3 is 0 Å². The monoisotopic (exact) mass is 196 g/mol. The molecule has 1 saturated carbocycles. The number of nitrogens with one attached hydrogen (secondary N) is 2. The second-order valence-corrected chi connectivity index (χ2v) is 4.60. The molecule has 0 aromatic rings. The summed E-state index contributed by atoms with van der Waals surface area (Å²) < 4.78 is 0. The maximum absolute atomic E-state index is 11.5. The van der Waals surface area contributed by atoms with E-state index in [-0.39, 0.29) is 11.9 Å². The zero-order chi connectivity index (χ0) is 9.97. The van der Waals surface area contributed by atoms with E-state index in [1.165, 1.54) is 25.7 Å². The fourth-order valence-corrected chi connectivity index (χ4v) is 2.66. The molecule has 1 aliphatic heterocycles. The van der Waals surface area contributed by atoms with E-state index in [0.717, 1.165) is 24.8 Å². The first-order chi connectivity index (χ1) is 6.81. The summed E-state index contributed by atoms with van der Waals surface area (Å²) in [6.07, 6.45) is 6.50. The number of likely N-dealkylation sites (N-methyl/N-ethyl adjacent to an activating group) is 1. The lowest BCUT2D eigenvalue weighted by atomic mass is 9.71. The average molecular weight is 196 g/mol. The van der Waals surface area contributed by atoms with Crippen LogP contribution >= 0.6 is 0 Å². The highest BCUT2D eigenvalue weighted by Crippen LogP contribution is 2.38. The van der Waals surface area contributed by atoms with Crippen LogP contribution in [0.5, 0.6) is 0 Å². The van der Waals surface area contributed by atoms with Crippen LogP contribution in [0.2, 0.25) is 0 Å². The highest BCUT2D eigenvalue weighted by molar-refractivity contribution is 5.81. The van der Waals surface area contributed by atoms with E-state index < -0.39 is 0 Å². The number of carbonyl (C=O) groups excluding carboxylic acids is 1. The van der Waals surface area contributed by atoms with Crippen LogP contribution in [-0.2, 0) is 4.79 Å². The molecule has 0 bridgehead atoms. The van der Waals surface area contributed by atoms with Gasteiger partial charge in [-0.15, -0.1) is 0 Å². The molecule has 1 amide bonds. The Morgan fingerprint density at radius 3 is 2.64 bits per heavy atom. The van der Waals surface area contributed by atoms with Crippen molar-refractivity contribution in [1.29, 1.82) is 0 Å². The first-order valence-electron chi connectivity index (χ1n) is 5.76. The molecule has 2 aliphatic rings. The Hall–Kier alpha value is -0.570. The number of hydrogen-bond acceptors (Lipinski definition) is 2. The topological polar surface area (TPSA) is 41.1 Å². The van der Waals surface area contributed by atoms with Gasteiger partial charge in [-0.2, -0.15) is 0 Å². The van der Waals surface area contributed by atoms with Crippen LogP contribution in [0.25, 0.3) is 0 Å². The number of piperidine rings is 1. The quantitative estimate of drug-likeness (QED) is 0.689. The molecule has 1 saturated heterocycles. The van der Waals surface area contributed by atoms with E-state index in [0.29, 0.717) is 0 Å². The minimum absolute atomic E-state index is 0.0688. The van der Waals surface area contributed by atoms with Crippen LogP contribution in [0.4, 0.5) is 0 Å². The fourth-order valence-electron chi connectivity index (χ4n) is 2.66. The molecule has 14 heavy (non-hydrogen) atoms. The van der Waals surface area contributed by atoms with Crippen LogP contribution in [0, 0.1) is 11.8 Å². The molecule has 1 heterocycles. The van der Waals surface area contributed by atoms with Crippen molar-refractivity contribution in [2.45, 2.75) is 38.1 Å². The van der Waals surface area contributed by atoms with Gasteiger partial charge in [-0.1, -0.05) is 19.3 Å². The summed E-state index contributed by atoms with van der Waals surface area (Å²) >= 11 is 0. The average Bonchev–Trinajstić information content (AvgIpc) is 2.14. The molecule has 2 atom stereocenters. The molecule has 1 aliphatic carbocycles. The molecule has 2 fully saturated rings. The maximum Gasteiger partial charge on any atom is 0.236 e. The minimum atomic E-state index is 0.0688. The Kier molecular flexibility index (Phi) is 3.06. The second-order valence-electron chi connectivity index (χ2n) is 4.60. The fraction of sp³-hybridized carbons (Fsp3) is 0.909. The van der Waals surface area contributed by atoms with Gasteiger partial charge in [-0.25, -0.2) is 0 Å². The Morgan fingerprint density at radius 2 is 2.07 bits per heavy atom. The first kappa shape index (κ1) is 9.97. The van der Waals surface area contributed by atoms with Crippen LogP contribution in [0.1, 0.15) is 32.1 Å². The normalized spacial score (nSPS) is 33.5. The van der Waals surface area contributed by atoms with Crippen molar-refractivity contribution in [3.8, 4) is 0 Å². The highest BCUT2D eigenvalue weighted by atomic mass is 16.2. The van der Waals surface area contributed by atoms with Crippen LogP contribution in [0.15, 0.2) is 0 Å². The molecule has 2 rings (SSSR count). The molecule has 0 aromatic heterocycles. The maximum atomic E-state index is 11.5. The summed E-state index contributed by atoms with van der Waals surface area (Å²) in [5, 5.41) is 6.02. The third-order valence-electron chi connectivity index (χ3n) is 3.82. The molecule has 80 valence electrons. The Bertz CT molecular complexity index is 213. The molecule has 3 nitrogen and oxygen atoms in total. The first-order valence-corrected chi connectivity index (χ1v) is 5.76. The zero-order valence-electron chi connectivity index (χ0n) is 8.88. The highest BCUT2D eigenvalue weighted by Gasteiger charge is 2.33. The van der Waals surface area contributed by atoms with Gasteiger partial charge in [0.2, 0.25) is 5.91 Å². The van der Waals surface area contributed by atoms with Gasteiger partial charge in [0.1, 0.15) is 0 Å². The number of amides is 1. The minimum Gasteiger partial charge on any atom is -0.358 e. The van der Waals surface area contributed by atoms with Gasteiger partial charge in [0, 0.05) is 7.05 Å². The molecule has 2 N–H and O–H groups in total. The van der Waals surface area contributed by atoms with Gasteiger partial charge < -0.3 is 10.6 Å². The number of carbonyl (C=O) groups is 1. The van der Waals surface area contributed by atoms with E-state index in [4.69, 9.17) is 0 Å². The third-order valence-corrected chi connectivity index (χ3v) is 3.82. The Morgan fingerprint density at radius 1 is 1.29 bits per heavy atom. The van der Waals surface area contributed by atoms with Crippen molar-refractivity contribution in [2.24, 2.45) is 11.8 Å². The van der Waals surface area contributed by atoms with Crippen molar-refractivity contribution in [1.82, 2.24) is 10.6 Å². The zero-order valence-corrected chi connectivity index (χ0v) is 8.88. The predicted molar refractivity (Wildman–Crippen MR) is 55.9 cm³/mol. The summed E-state index contributed by atoms with van der Waals surface area (Å²) in [4.78, 5) is 11.5. The standard InChI is InChI=1S/C11H20N2O/c1-12-11(14)10-7-9(5-6-13-10)8-3-2-4-8/h8-10,13H,2-7H2,1H3,(H,12,14). The largest absolute Gasteiger partial charge is 0.358 e. The van der Waals surface area contributed by atoms with Gasteiger partial charge in [-0.05, 0) is 31.2 Å². The summed E-state index contributed by atoms with van der Waals surface area (Å²) in [5.74, 6) is 1.88. The van der Waals surface area contributed by atoms with E-state index in [2.05, 4.69) is 10.6 Å². The van der Waals surface area contributed by atoms with E-state index in [1.807, 2.05) is 0 Å². The van der Waals surface area contributed by atoms with Gasteiger partial charge in [0.05, 0.1) is 6.04 Å². The summed E-state index contributed by atoms with van der Waals surface area (Å²) in [6.45, 7) is 1.01. The second kappa shape index (κ2) is 4.30. The lowest BCUT2D eigenvalue weighted by Gasteiger charge is -2.38. The van der Waals surface area contributed by atoms with Gasteiger partial charge in [0.25, 0.3) is 0 Å². The number of hydrogen-bond donors (Lipinski definition) is 2.